The van der Waals surface area contributed by atoms with Gasteiger partial charge >= 0.3 is 5.97 Å². The van der Waals surface area contributed by atoms with E-state index in [0.717, 1.165) is 0 Å². The first-order chi connectivity index (χ1) is 8.04. The highest BCUT2D eigenvalue weighted by molar-refractivity contribution is 5.81. The Morgan fingerprint density at radius 3 is 2.00 bits per heavy atom. The molecule has 1 unspecified atom stereocenters. The van der Waals surface area contributed by atoms with Gasteiger partial charge in [-0.15, -0.1) is 0 Å². The van der Waals surface area contributed by atoms with E-state index in [0.29, 0.717) is 13.0 Å². The summed E-state index contributed by atoms with van der Waals surface area (Å²) in [6, 6.07) is 0. The van der Waals surface area contributed by atoms with Crippen LogP contribution in [0.3, 0.4) is 0 Å². The molecule has 0 heterocycles. The molecule has 1 N–H and O–H groups in total. The largest absolute Gasteiger partial charge is 0.480 e. The number of hydrogen-bond donors (Lipinski definition) is 1. The second-order valence-electron chi connectivity index (χ2n) is 6.53. The predicted molar refractivity (Wildman–Crippen MR) is 72.3 cm³/mol. The number of aliphatic carboxylic acids is 1. The predicted octanol–water partition coefficient (Wildman–Crippen LogP) is 2.63. The van der Waals surface area contributed by atoms with E-state index in [2.05, 4.69) is 20.8 Å². The van der Waals surface area contributed by atoms with Crippen molar-refractivity contribution in [1.29, 1.82) is 0 Å². The molecule has 0 radical (unpaired) electrons. The van der Waals surface area contributed by atoms with E-state index in [-0.39, 0.29) is 29.7 Å². The third kappa shape index (κ3) is 6.62. The van der Waals surface area contributed by atoms with Crippen LogP contribution in [0.25, 0.3) is 0 Å². The maximum absolute atomic E-state index is 12.1. The lowest BCUT2D eigenvalue weighted by Gasteiger charge is -2.30. The molecule has 0 saturated heterocycles. The lowest BCUT2D eigenvalue weighted by atomic mass is 9.80. The molecule has 0 aromatic heterocycles. The van der Waals surface area contributed by atoms with Gasteiger partial charge in [0.25, 0.3) is 0 Å². The van der Waals surface area contributed by atoms with E-state index < -0.39 is 5.97 Å². The summed E-state index contributed by atoms with van der Waals surface area (Å²) in [7, 11) is 0. The average molecular weight is 257 g/mol. The molecule has 18 heavy (non-hydrogen) atoms. The summed E-state index contributed by atoms with van der Waals surface area (Å²) in [6.45, 7) is 12.6. The zero-order valence-electron chi connectivity index (χ0n) is 12.5. The number of carboxylic acid groups (broad SMARTS) is 1. The second-order valence-corrected chi connectivity index (χ2v) is 6.53. The van der Waals surface area contributed by atoms with E-state index in [1.807, 2.05) is 20.8 Å². The number of carbonyl (C=O) groups is 2. The van der Waals surface area contributed by atoms with Crippen LogP contribution in [0.5, 0.6) is 0 Å². The molecule has 106 valence electrons. The third-order valence-electron chi connectivity index (χ3n) is 3.22. The van der Waals surface area contributed by atoms with Crippen molar-refractivity contribution in [2.45, 2.75) is 48.0 Å². The topological polar surface area (TPSA) is 57.6 Å². The highest BCUT2D eigenvalue weighted by Gasteiger charge is 2.26. The van der Waals surface area contributed by atoms with Crippen LogP contribution in [0.4, 0.5) is 0 Å². The first-order valence-electron chi connectivity index (χ1n) is 6.53. The van der Waals surface area contributed by atoms with Gasteiger partial charge in [-0.2, -0.15) is 0 Å². The van der Waals surface area contributed by atoms with Gasteiger partial charge in [-0.3, -0.25) is 9.59 Å². The first-order valence-corrected chi connectivity index (χ1v) is 6.53. The molecule has 4 nitrogen and oxygen atoms in total. The number of rotatable bonds is 6. The molecule has 0 aromatic rings. The number of amides is 1. The van der Waals surface area contributed by atoms with Gasteiger partial charge in [0.1, 0.15) is 6.54 Å². The Labute approximate surface area is 110 Å². The van der Waals surface area contributed by atoms with Crippen LogP contribution < -0.4 is 0 Å². The Bertz CT molecular complexity index is 292. The Balaban J connectivity index is 4.60. The molecule has 0 aliphatic heterocycles. The smallest absolute Gasteiger partial charge is 0.323 e. The second kappa shape index (κ2) is 6.76. The van der Waals surface area contributed by atoms with Gasteiger partial charge in [-0.05, 0) is 17.3 Å². The van der Waals surface area contributed by atoms with Gasteiger partial charge in [0.2, 0.25) is 5.91 Å². The maximum Gasteiger partial charge on any atom is 0.323 e. The van der Waals surface area contributed by atoms with E-state index in [4.69, 9.17) is 5.11 Å². The molecule has 0 rings (SSSR count). The molecular formula is C14H27NO3. The van der Waals surface area contributed by atoms with Crippen LogP contribution in [0, 0.1) is 17.3 Å². The molecule has 0 saturated carbocycles. The van der Waals surface area contributed by atoms with Crippen LogP contribution in [0.2, 0.25) is 0 Å². The monoisotopic (exact) mass is 257 g/mol. The summed E-state index contributed by atoms with van der Waals surface area (Å²) in [5.41, 5.74) is 0.0579. The van der Waals surface area contributed by atoms with Gasteiger partial charge in [-0.25, -0.2) is 0 Å². The quantitative estimate of drug-likeness (QED) is 0.795. The minimum atomic E-state index is -0.951. The molecular weight excluding hydrogens is 230 g/mol. The maximum atomic E-state index is 12.1. The lowest BCUT2D eigenvalue weighted by molar-refractivity contribution is -0.145. The van der Waals surface area contributed by atoms with Gasteiger partial charge in [0.05, 0.1) is 0 Å². The highest BCUT2D eigenvalue weighted by atomic mass is 16.4. The Morgan fingerprint density at radius 1 is 1.17 bits per heavy atom. The van der Waals surface area contributed by atoms with Crippen molar-refractivity contribution in [3.05, 3.63) is 0 Å². The zero-order valence-corrected chi connectivity index (χ0v) is 12.5. The molecule has 1 amide bonds. The standard InChI is InChI=1S/C14H27NO3/c1-10(2)8-15(9-13(17)18)12(16)7-11(3)14(4,5)6/h10-11H,7-9H2,1-6H3,(H,17,18). The third-order valence-corrected chi connectivity index (χ3v) is 3.22. The molecule has 1 atom stereocenters. The fourth-order valence-electron chi connectivity index (χ4n) is 1.56. The summed E-state index contributed by atoms with van der Waals surface area (Å²) >= 11 is 0. The molecule has 0 aliphatic carbocycles. The van der Waals surface area contributed by atoms with Crippen LogP contribution in [0.1, 0.15) is 48.0 Å². The number of carbonyl (C=O) groups excluding carboxylic acids is 1. The summed E-state index contributed by atoms with van der Waals surface area (Å²) in [6.07, 6.45) is 0.406. The van der Waals surface area contributed by atoms with E-state index in [1.165, 1.54) is 4.90 Å². The van der Waals surface area contributed by atoms with Crippen molar-refractivity contribution in [2.75, 3.05) is 13.1 Å². The Morgan fingerprint density at radius 2 is 1.67 bits per heavy atom. The normalized spacial score (nSPS) is 13.5. The molecule has 0 aliphatic rings. The van der Waals surface area contributed by atoms with Crippen LogP contribution in [-0.4, -0.2) is 35.0 Å². The summed E-state index contributed by atoms with van der Waals surface area (Å²) in [5, 5.41) is 8.85. The van der Waals surface area contributed by atoms with Gasteiger partial charge in [0.15, 0.2) is 0 Å². The van der Waals surface area contributed by atoms with E-state index in [1.54, 1.807) is 0 Å². The number of carboxylic acids is 1. The molecule has 0 aromatic carbocycles. The number of hydrogen-bond acceptors (Lipinski definition) is 2. The zero-order chi connectivity index (χ0) is 14.5. The SMILES string of the molecule is CC(C)CN(CC(=O)O)C(=O)CC(C)C(C)(C)C. The minimum Gasteiger partial charge on any atom is -0.480 e. The summed E-state index contributed by atoms with van der Waals surface area (Å²) in [4.78, 5) is 24.4. The lowest BCUT2D eigenvalue weighted by Crippen LogP contribution is -2.39. The van der Waals surface area contributed by atoms with Crippen molar-refractivity contribution in [3.8, 4) is 0 Å². The number of nitrogens with zero attached hydrogens (tertiary/aromatic N) is 1. The van der Waals surface area contributed by atoms with Crippen LogP contribution in [0.15, 0.2) is 0 Å². The molecule has 0 bridgehead atoms. The molecule has 0 spiro atoms. The highest BCUT2D eigenvalue weighted by Crippen LogP contribution is 2.28. The summed E-state index contributed by atoms with van der Waals surface area (Å²) < 4.78 is 0. The average Bonchev–Trinajstić information content (AvgIpc) is 2.13. The Kier molecular flexibility index (Phi) is 6.36. The van der Waals surface area contributed by atoms with Crippen LogP contribution >= 0.6 is 0 Å². The summed E-state index contributed by atoms with van der Waals surface area (Å²) in [5.74, 6) is -0.507. The van der Waals surface area contributed by atoms with Gasteiger partial charge < -0.3 is 10.0 Å². The van der Waals surface area contributed by atoms with Crippen molar-refractivity contribution >= 4 is 11.9 Å². The molecule has 4 heteroatoms. The fraction of sp³-hybridized carbons (Fsp3) is 0.857. The van der Waals surface area contributed by atoms with Gasteiger partial charge in [0, 0.05) is 13.0 Å². The van der Waals surface area contributed by atoms with Gasteiger partial charge in [-0.1, -0.05) is 41.5 Å². The fourth-order valence-corrected chi connectivity index (χ4v) is 1.56. The first kappa shape index (κ1) is 16.9. The van der Waals surface area contributed by atoms with Crippen molar-refractivity contribution in [3.63, 3.8) is 0 Å². The Hall–Kier alpha value is -1.06. The van der Waals surface area contributed by atoms with Crippen molar-refractivity contribution in [1.82, 2.24) is 4.90 Å². The van der Waals surface area contributed by atoms with E-state index in [9.17, 15) is 9.59 Å². The van der Waals surface area contributed by atoms with Crippen molar-refractivity contribution in [2.24, 2.45) is 17.3 Å². The van der Waals surface area contributed by atoms with Crippen LogP contribution in [-0.2, 0) is 9.59 Å². The molecule has 0 fully saturated rings. The van der Waals surface area contributed by atoms with Crippen molar-refractivity contribution < 1.29 is 14.7 Å². The minimum absolute atomic E-state index is 0.0579. The van der Waals surface area contributed by atoms with E-state index >= 15 is 0 Å².